The van der Waals surface area contributed by atoms with Gasteiger partial charge in [0.1, 0.15) is 35.2 Å². The summed E-state index contributed by atoms with van der Waals surface area (Å²) in [5, 5.41) is 3.62. The normalized spacial score (nSPS) is 12.7. The van der Waals surface area contributed by atoms with Crippen LogP contribution in [0.5, 0.6) is 11.5 Å². The van der Waals surface area contributed by atoms with Gasteiger partial charge in [-0.1, -0.05) is 30.0 Å². The molecule has 0 bridgehead atoms. The first-order chi connectivity index (χ1) is 16.1. The highest BCUT2D eigenvalue weighted by Gasteiger charge is 2.18. The average molecular weight is 482 g/mol. The van der Waals surface area contributed by atoms with Gasteiger partial charge in [-0.05, 0) is 35.4 Å². The van der Waals surface area contributed by atoms with Crippen molar-refractivity contribution in [3.05, 3.63) is 65.6 Å². The molecule has 9 heteroatoms. The van der Waals surface area contributed by atoms with Crippen LogP contribution in [0.1, 0.15) is 5.56 Å². The Kier molecular flexibility index (Phi) is 6.15. The number of ether oxygens (including phenoxy) is 2. The summed E-state index contributed by atoms with van der Waals surface area (Å²) < 4.78 is 24.6. The SMILES string of the molecule is CN(Cc1ccc2c(c1)OCCO2)C(=O)CSc1ncnc2scc(-c3ccc(F)cc3)c12. The van der Waals surface area contributed by atoms with Crippen LogP contribution >= 0.6 is 23.1 Å². The van der Waals surface area contributed by atoms with E-state index in [9.17, 15) is 9.18 Å². The largest absolute Gasteiger partial charge is 0.486 e. The molecule has 0 spiro atoms. The van der Waals surface area contributed by atoms with Gasteiger partial charge in [0, 0.05) is 24.5 Å². The Labute approximate surface area is 198 Å². The number of fused-ring (bicyclic) bond motifs is 2. The maximum absolute atomic E-state index is 13.4. The monoisotopic (exact) mass is 481 g/mol. The highest BCUT2D eigenvalue weighted by atomic mass is 32.2. The van der Waals surface area contributed by atoms with Crippen molar-refractivity contribution in [2.45, 2.75) is 11.6 Å². The van der Waals surface area contributed by atoms with Crippen LogP contribution in [0.2, 0.25) is 0 Å². The number of rotatable bonds is 6. The third kappa shape index (κ3) is 4.65. The first-order valence-corrected chi connectivity index (χ1v) is 12.2. The molecule has 0 unspecified atom stereocenters. The van der Waals surface area contributed by atoms with Crippen LogP contribution in [0, 0.1) is 5.82 Å². The number of benzene rings is 2. The number of hydrogen-bond donors (Lipinski definition) is 0. The summed E-state index contributed by atoms with van der Waals surface area (Å²) in [7, 11) is 1.78. The van der Waals surface area contributed by atoms with E-state index in [1.54, 1.807) is 24.1 Å². The molecule has 4 aromatic rings. The summed E-state index contributed by atoms with van der Waals surface area (Å²) in [6.45, 7) is 1.54. The Morgan fingerprint density at radius 3 is 2.73 bits per heavy atom. The highest BCUT2D eigenvalue weighted by Crippen LogP contribution is 2.38. The number of carbonyl (C=O) groups is 1. The molecule has 0 radical (unpaired) electrons. The van der Waals surface area contributed by atoms with E-state index in [-0.39, 0.29) is 17.5 Å². The fourth-order valence-corrected chi connectivity index (χ4v) is 5.52. The molecular formula is C24H20FN3O3S2. The Hall–Kier alpha value is -3.17. The minimum absolute atomic E-state index is 0.0137. The molecule has 1 aliphatic rings. The van der Waals surface area contributed by atoms with Crippen molar-refractivity contribution in [1.29, 1.82) is 0 Å². The zero-order valence-corrected chi connectivity index (χ0v) is 19.4. The number of halogens is 1. The van der Waals surface area contributed by atoms with Crippen molar-refractivity contribution in [3.8, 4) is 22.6 Å². The molecule has 2 aromatic carbocycles. The van der Waals surface area contributed by atoms with Gasteiger partial charge in [-0.3, -0.25) is 4.79 Å². The molecule has 33 heavy (non-hydrogen) atoms. The van der Waals surface area contributed by atoms with Crippen molar-refractivity contribution < 1.29 is 18.7 Å². The van der Waals surface area contributed by atoms with Gasteiger partial charge < -0.3 is 14.4 Å². The summed E-state index contributed by atoms with van der Waals surface area (Å²) >= 11 is 2.89. The summed E-state index contributed by atoms with van der Waals surface area (Å²) in [5.74, 6) is 1.39. The van der Waals surface area contributed by atoms with Crippen LogP contribution in [0.4, 0.5) is 4.39 Å². The fourth-order valence-electron chi connectivity index (χ4n) is 3.59. The second-order valence-corrected chi connectivity index (χ2v) is 9.35. The Morgan fingerprint density at radius 1 is 1.12 bits per heavy atom. The molecule has 1 amide bonds. The number of carbonyl (C=O) groups excluding carboxylic acids is 1. The number of thioether (sulfide) groups is 1. The Balaban J connectivity index is 1.30. The third-order valence-corrected chi connectivity index (χ3v) is 7.14. The molecular weight excluding hydrogens is 461 g/mol. The number of amides is 1. The minimum Gasteiger partial charge on any atom is -0.486 e. The average Bonchev–Trinajstić information content (AvgIpc) is 3.28. The topological polar surface area (TPSA) is 64.6 Å². The van der Waals surface area contributed by atoms with E-state index in [0.717, 1.165) is 37.7 Å². The van der Waals surface area contributed by atoms with Gasteiger partial charge in [0.05, 0.1) is 11.1 Å². The van der Waals surface area contributed by atoms with Crippen molar-refractivity contribution in [3.63, 3.8) is 0 Å². The second-order valence-electron chi connectivity index (χ2n) is 7.53. The van der Waals surface area contributed by atoms with Crippen molar-refractivity contribution in [2.75, 3.05) is 26.0 Å². The smallest absolute Gasteiger partial charge is 0.233 e. The molecule has 1 aliphatic heterocycles. The molecule has 0 atom stereocenters. The lowest BCUT2D eigenvalue weighted by atomic mass is 10.1. The van der Waals surface area contributed by atoms with E-state index >= 15 is 0 Å². The first kappa shape index (κ1) is 21.7. The van der Waals surface area contributed by atoms with Crippen LogP contribution in [-0.2, 0) is 11.3 Å². The summed E-state index contributed by atoms with van der Waals surface area (Å²) in [6, 6.07) is 12.1. The lowest BCUT2D eigenvalue weighted by Crippen LogP contribution is -2.28. The van der Waals surface area contributed by atoms with Gasteiger partial charge in [0.2, 0.25) is 5.91 Å². The van der Waals surface area contributed by atoms with Crippen molar-refractivity contribution in [2.24, 2.45) is 0 Å². The van der Waals surface area contributed by atoms with Crippen LogP contribution in [-0.4, -0.2) is 46.8 Å². The van der Waals surface area contributed by atoms with Crippen molar-refractivity contribution >= 4 is 39.2 Å². The molecule has 6 nitrogen and oxygen atoms in total. The zero-order chi connectivity index (χ0) is 22.8. The maximum atomic E-state index is 13.4. The van der Waals surface area contributed by atoms with E-state index in [2.05, 4.69) is 9.97 Å². The predicted molar refractivity (Wildman–Crippen MR) is 127 cm³/mol. The Bertz CT molecular complexity index is 1310. The standard InChI is InChI=1S/C24H20FN3O3S2/c1-28(11-15-2-7-19-20(10-15)31-9-8-30-19)21(29)13-33-24-22-18(12-32-23(22)26-14-27-24)16-3-5-17(25)6-4-16/h2-7,10,12,14H,8-9,11,13H2,1H3. The Morgan fingerprint density at radius 2 is 1.91 bits per heavy atom. The molecule has 0 N–H and O–H groups in total. The number of aromatic nitrogens is 2. The second kappa shape index (κ2) is 9.36. The van der Waals surface area contributed by atoms with Gasteiger partial charge in [0.25, 0.3) is 0 Å². The van der Waals surface area contributed by atoms with Crippen LogP contribution in [0.15, 0.2) is 59.2 Å². The summed E-state index contributed by atoms with van der Waals surface area (Å²) in [4.78, 5) is 24.2. The van der Waals surface area contributed by atoms with Crippen LogP contribution in [0.25, 0.3) is 21.3 Å². The maximum Gasteiger partial charge on any atom is 0.233 e. The molecule has 0 saturated heterocycles. The quantitative estimate of drug-likeness (QED) is 0.285. The van der Waals surface area contributed by atoms with Crippen molar-refractivity contribution in [1.82, 2.24) is 14.9 Å². The molecule has 5 rings (SSSR count). The highest BCUT2D eigenvalue weighted by molar-refractivity contribution is 8.00. The van der Waals surface area contributed by atoms with E-state index in [0.29, 0.717) is 25.5 Å². The fraction of sp³-hybridized carbons (Fsp3) is 0.208. The lowest BCUT2D eigenvalue weighted by molar-refractivity contribution is -0.127. The first-order valence-electron chi connectivity index (χ1n) is 10.3. The summed E-state index contributed by atoms with van der Waals surface area (Å²) in [6.07, 6.45) is 1.51. The minimum atomic E-state index is -0.282. The molecule has 3 heterocycles. The molecule has 0 saturated carbocycles. The van der Waals surface area contributed by atoms with E-state index in [1.165, 1.54) is 41.6 Å². The van der Waals surface area contributed by atoms with E-state index in [4.69, 9.17) is 9.47 Å². The van der Waals surface area contributed by atoms with Crippen LogP contribution in [0.3, 0.4) is 0 Å². The van der Waals surface area contributed by atoms with E-state index in [1.807, 2.05) is 23.6 Å². The number of thiophene rings is 1. The number of nitrogens with zero attached hydrogens (tertiary/aromatic N) is 3. The van der Waals surface area contributed by atoms with Gasteiger partial charge in [-0.25, -0.2) is 14.4 Å². The van der Waals surface area contributed by atoms with E-state index < -0.39 is 0 Å². The molecule has 0 fully saturated rings. The van der Waals surface area contributed by atoms with Gasteiger partial charge >= 0.3 is 0 Å². The molecule has 2 aromatic heterocycles. The zero-order valence-electron chi connectivity index (χ0n) is 17.8. The number of hydrogen-bond acceptors (Lipinski definition) is 7. The molecule has 168 valence electrons. The van der Waals surface area contributed by atoms with Gasteiger partial charge in [-0.15, -0.1) is 11.3 Å². The lowest BCUT2D eigenvalue weighted by Gasteiger charge is -2.21. The van der Waals surface area contributed by atoms with Gasteiger partial charge in [0.15, 0.2) is 11.5 Å². The summed E-state index contributed by atoms with van der Waals surface area (Å²) in [5.41, 5.74) is 2.80. The molecule has 0 aliphatic carbocycles. The third-order valence-electron chi connectivity index (χ3n) is 5.28. The van der Waals surface area contributed by atoms with Gasteiger partial charge in [-0.2, -0.15) is 0 Å². The van der Waals surface area contributed by atoms with Crippen LogP contribution < -0.4 is 9.47 Å². The predicted octanol–water partition coefficient (Wildman–Crippen LogP) is 5.02.